The number of rotatable bonds is 4. The van der Waals surface area contributed by atoms with Gasteiger partial charge in [-0.25, -0.2) is 0 Å². The summed E-state index contributed by atoms with van der Waals surface area (Å²) in [7, 11) is 0. The molecule has 5 nitrogen and oxygen atoms in total. The summed E-state index contributed by atoms with van der Waals surface area (Å²) >= 11 is 0. The smallest absolute Gasteiger partial charge is 0.543 e. The molecule has 2 aromatic rings. The maximum absolute atomic E-state index is 13.6. The van der Waals surface area contributed by atoms with Gasteiger partial charge < -0.3 is 24.5 Å². The van der Waals surface area contributed by atoms with Gasteiger partial charge in [0.05, 0.1) is 0 Å². The van der Waals surface area contributed by atoms with Gasteiger partial charge in [-0.3, -0.25) is 0 Å². The molecule has 0 fully saturated rings. The molecule has 0 aliphatic rings. The number of benzene rings is 2. The standard InChI is InChI=1S/C13H9FO5.2Na/c14-13(11(15)16,12(17)18)19-10-6-5-8-3-1-2-4-9(8)7-10;;/h1-7H,(H,15,16)(H,17,18);;/q;2*+1/p-2. The van der Waals surface area contributed by atoms with Crippen LogP contribution in [0, 0.1) is 0 Å². The third-order valence-electron chi connectivity index (χ3n) is 2.50. The minimum atomic E-state index is -4.03. The zero-order valence-corrected chi connectivity index (χ0v) is 15.5. The number of carboxylic acid groups (broad SMARTS) is 2. The first-order valence-corrected chi connectivity index (χ1v) is 5.23. The van der Waals surface area contributed by atoms with Crippen LogP contribution in [0.2, 0.25) is 0 Å². The first kappa shape index (κ1) is 20.4. The van der Waals surface area contributed by atoms with Gasteiger partial charge in [0.2, 0.25) is 0 Å². The summed E-state index contributed by atoms with van der Waals surface area (Å²) < 4.78 is 17.9. The third-order valence-corrected chi connectivity index (χ3v) is 2.50. The van der Waals surface area contributed by atoms with Gasteiger partial charge in [0, 0.05) is 0 Å². The van der Waals surface area contributed by atoms with Crippen molar-refractivity contribution in [2.75, 3.05) is 0 Å². The average Bonchev–Trinajstić information content (AvgIpc) is 2.38. The van der Waals surface area contributed by atoms with Gasteiger partial charge in [-0.05, 0) is 22.9 Å². The Hall–Kier alpha value is -0.630. The van der Waals surface area contributed by atoms with Gasteiger partial charge in [0.25, 0.3) is 0 Å². The Kier molecular flexibility index (Phi) is 7.88. The zero-order chi connectivity index (χ0) is 14.0. The second kappa shape index (κ2) is 8.12. The summed E-state index contributed by atoms with van der Waals surface area (Å²) in [4.78, 5) is 21.0. The maximum atomic E-state index is 13.6. The molecule has 0 radical (unpaired) electrons. The first-order valence-electron chi connectivity index (χ1n) is 5.23. The van der Waals surface area contributed by atoms with Gasteiger partial charge in [0.15, 0.2) is 0 Å². The Morgan fingerprint density at radius 3 is 2.00 bits per heavy atom. The Labute approximate surface area is 163 Å². The Bertz CT molecular complexity index is 648. The molecule has 21 heavy (non-hydrogen) atoms. The van der Waals surface area contributed by atoms with Crippen molar-refractivity contribution in [2.45, 2.75) is 5.85 Å². The van der Waals surface area contributed by atoms with Crippen LogP contribution in [0.4, 0.5) is 4.39 Å². The first-order chi connectivity index (χ1) is 8.93. The molecule has 2 aromatic carbocycles. The maximum Gasteiger partial charge on any atom is 1.00 e. The molecule has 0 aliphatic heterocycles. The van der Waals surface area contributed by atoms with E-state index in [1.807, 2.05) is 0 Å². The molecule has 0 spiro atoms. The van der Waals surface area contributed by atoms with Crippen LogP contribution >= 0.6 is 0 Å². The van der Waals surface area contributed by atoms with Crippen LogP contribution in [0.25, 0.3) is 10.8 Å². The van der Waals surface area contributed by atoms with Crippen LogP contribution in [0.1, 0.15) is 0 Å². The fourth-order valence-corrected chi connectivity index (χ4v) is 1.56. The molecule has 0 N–H and O–H groups in total. The van der Waals surface area contributed by atoms with Crippen molar-refractivity contribution in [2.24, 2.45) is 0 Å². The van der Waals surface area contributed by atoms with E-state index < -0.39 is 17.8 Å². The second-order valence-electron chi connectivity index (χ2n) is 3.78. The molecule has 8 heteroatoms. The van der Waals surface area contributed by atoms with Crippen LogP contribution < -0.4 is 74.1 Å². The van der Waals surface area contributed by atoms with E-state index in [0.717, 1.165) is 5.39 Å². The molecule has 0 amide bonds. The number of alkyl halides is 1. The molecule has 98 valence electrons. The predicted octanol–water partition coefficient (Wildman–Crippen LogP) is -6.61. The van der Waals surface area contributed by atoms with E-state index >= 15 is 0 Å². The number of halogens is 1. The Morgan fingerprint density at radius 1 is 0.952 bits per heavy atom. The van der Waals surface area contributed by atoms with Crippen molar-refractivity contribution in [3.63, 3.8) is 0 Å². The second-order valence-corrected chi connectivity index (χ2v) is 3.78. The van der Waals surface area contributed by atoms with Crippen molar-refractivity contribution >= 4 is 22.7 Å². The Morgan fingerprint density at radius 2 is 1.48 bits per heavy atom. The Balaban J connectivity index is 0.00000200. The number of hydrogen-bond acceptors (Lipinski definition) is 5. The summed E-state index contributed by atoms with van der Waals surface area (Å²) in [5.41, 5.74) is 0. The monoisotopic (exact) mass is 308 g/mol. The molecule has 0 saturated heterocycles. The number of carboxylic acids is 2. The van der Waals surface area contributed by atoms with E-state index in [1.54, 1.807) is 24.3 Å². The predicted molar refractivity (Wildman–Crippen MR) is 58.4 cm³/mol. The summed E-state index contributed by atoms with van der Waals surface area (Å²) in [6.07, 6.45) is 0. The topological polar surface area (TPSA) is 89.5 Å². The SMILES string of the molecule is O=C([O-])C(F)(Oc1ccc2ccccc2c1)C(=O)[O-].[Na+].[Na+]. The van der Waals surface area contributed by atoms with E-state index in [2.05, 4.69) is 4.74 Å². The molecular weight excluding hydrogens is 301 g/mol. The average molecular weight is 308 g/mol. The molecule has 0 unspecified atom stereocenters. The third kappa shape index (κ3) is 4.42. The summed E-state index contributed by atoms with van der Waals surface area (Å²) in [6.45, 7) is 0. The molecular formula is C13H7FNa2O5. The summed E-state index contributed by atoms with van der Waals surface area (Å²) in [6, 6.07) is 11.1. The number of hydrogen-bond donors (Lipinski definition) is 0. The number of carbonyl (C=O) groups is 2. The number of ether oxygens (including phenoxy) is 1. The van der Waals surface area contributed by atoms with E-state index in [9.17, 15) is 24.2 Å². The van der Waals surface area contributed by atoms with Crippen LogP contribution in [0.3, 0.4) is 0 Å². The fourth-order valence-electron chi connectivity index (χ4n) is 1.56. The van der Waals surface area contributed by atoms with E-state index in [4.69, 9.17) is 0 Å². The normalized spacial score (nSPS) is 10.1. The zero-order valence-electron chi connectivity index (χ0n) is 11.5. The van der Waals surface area contributed by atoms with Gasteiger partial charge in [-0.15, -0.1) is 0 Å². The summed E-state index contributed by atoms with van der Waals surface area (Å²) in [5.74, 6) is -9.33. The number of fused-ring (bicyclic) bond motifs is 1. The van der Waals surface area contributed by atoms with Crippen LogP contribution in [0.15, 0.2) is 42.5 Å². The minimum absolute atomic E-state index is 0. The van der Waals surface area contributed by atoms with Crippen LogP contribution in [-0.4, -0.2) is 17.8 Å². The van der Waals surface area contributed by atoms with Crippen molar-refractivity contribution in [1.82, 2.24) is 0 Å². The van der Waals surface area contributed by atoms with Crippen molar-refractivity contribution < 1.29 is 88.0 Å². The van der Waals surface area contributed by atoms with Gasteiger partial charge >= 0.3 is 65.0 Å². The number of aliphatic carboxylic acids is 2. The minimum Gasteiger partial charge on any atom is -0.543 e. The quantitative estimate of drug-likeness (QED) is 0.414. The van der Waals surface area contributed by atoms with Crippen molar-refractivity contribution in [3.05, 3.63) is 42.5 Å². The largest absolute Gasteiger partial charge is 1.00 e. The van der Waals surface area contributed by atoms with E-state index in [0.29, 0.717) is 5.39 Å². The van der Waals surface area contributed by atoms with E-state index in [-0.39, 0.29) is 64.9 Å². The molecule has 0 aromatic heterocycles. The molecule has 2 rings (SSSR count). The van der Waals surface area contributed by atoms with E-state index in [1.165, 1.54) is 18.2 Å². The van der Waals surface area contributed by atoms with Crippen LogP contribution in [0.5, 0.6) is 5.75 Å². The number of carbonyl (C=O) groups excluding carboxylic acids is 2. The molecule has 0 saturated carbocycles. The fraction of sp³-hybridized carbons (Fsp3) is 0.0769. The molecule has 0 aliphatic carbocycles. The molecule has 0 bridgehead atoms. The van der Waals surface area contributed by atoms with Gasteiger partial charge in [0.1, 0.15) is 17.7 Å². The molecule has 0 heterocycles. The van der Waals surface area contributed by atoms with Crippen LogP contribution in [-0.2, 0) is 9.59 Å². The molecule has 0 atom stereocenters. The van der Waals surface area contributed by atoms with Crippen molar-refractivity contribution in [3.8, 4) is 5.75 Å². The van der Waals surface area contributed by atoms with Gasteiger partial charge in [-0.1, -0.05) is 30.3 Å². The summed E-state index contributed by atoms with van der Waals surface area (Å²) in [5, 5.41) is 22.4. The van der Waals surface area contributed by atoms with Gasteiger partial charge in [-0.2, -0.15) is 4.39 Å². The van der Waals surface area contributed by atoms with Crippen molar-refractivity contribution in [1.29, 1.82) is 0 Å².